The summed E-state index contributed by atoms with van der Waals surface area (Å²) in [5, 5.41) is 0.621. The van der Waals surface area contributed by atoms with Gasteiger partial charge in [0.1, 0.15) is 5.75 Å². The summed E-state index contributed by atoms with van der Waals surface area (Å²) in [7, 11) is 1.53. The Hall–Kier alpha value is -1.33. The summed E-state index contributed by atoms with van der Waals surface area (Å²) in [5.74, 6) is 1.03. The molecule has 0 fully saturated rings. The maximum absolute atomic E-state index is 5.83. The van der Waals surface area contributed by atoms with E-state index in [2.05, 4.69) is 25.9 Å². The smallest absolute Gasteiger partial charge is 0.325 e. The molecule has 4 nitrogen and oxygen atoms in total. The number of hydrogen-bond acceptors (Lipinski definition) is 4. The number of benzene rings is 1. The van der Waals surface area contributed by atoms with Gasteiger partial charge < -0.3 is 9.47 Å². The third-order valence-corrected chi connectivity index (χ3v) is 2.77. The zero-order valence-electron chi connectivity index (χ0n) is 8.85. The molecule has 0 unspecified atom stereocenters. The van der Waals surface area contributed by atoms with Gasteiger partial charge in [-0.05, 0) is 34.1 Å². The second kappa shape index (κ2) is 5.33. The standard InChI is InChI=1S/C11H8BrClN2O2/c1-16-10-4-5-14-11(15-10)17-9-3-2-7(13)6-8(9)12/h2-6H,1H3. The van der Waals surface area contributed by atoms with Crippen molar-refractivity contribution in [1.29, 1.82) is 0 Å². The Bertz CT molecular complexity index is 537. The summed E-state index contributed by atoms with van der Waals surface area (Å²) in [6.07, 6.45) is 1.56. The van der Waals surface area contributed by atoms with Gasteiger partial charge in [-0.15, -0.1) is 0 Å². The van der Waals surface area contributed by atoms with Gasteiger partial charge in [0.25, 0.3) is 0 Å². The van der Waals surface area contributed by atoms with Crippen LogP contribution in [0.5, 0.6) is 17.6 Å². The summed E-state index contributed by atoms with van der Waals surface area (Å²) >= 11 is 9.17. The van der Waals surface area contributed by atoms with Crippen LogP contribution in [0, 0.1) is 0 Å². The van der Waals surface area contributed by atoms with Crippen molar-refractivity contribution < 1.29 is 9.47 Å². The number of nitrogens with zero attached hydrogens (tertiary/aromatic N) is 2. The van der Waals surface area contributed by atoms with Crippen LogP contribution in [0.15, 0.2) is 34.9 Å². The number of aromatic nitrogens is 2. The Morgan fingerprint density at radius 2 is 2.12 bits per heavy atom. The van der Waals surface area contributed by atoms with Crippen molar-refractivity contribution in [3.05, 3.63) is 40.0 Å². The molecule has 1 aromatic heterocycles. The number of rotatable bonds is 3. The highest BCUT2D eigenvalue weighted by molar-refractivity contribution is 9.10. The summed E-state index contributed by atoms with van der Waals surface area (Å²) < 4.78 is 11.2. The highest BCUT2D eigenvalue weighted by Gasteiger charge is 2.06. The number of halogens is 2. The molecule has 6 heteroatoms. The Balaban J connectivity index is 2.25. The van der Waals surface area contributed by atoms with Crippen LogP contribution in [0.3, 0.4) is 0 Å². The van der Waals surface area contributed by atoms with E-state index in [1.165, 1.54) is 7.11 Å². The van der Waals surface area contributed by atoms with Crippen LogP contribution in [-0.4, -0.2) is 17.1 Å². The minimum absolute atomic E-state index is 0.215. The predicted molar refractivity (Wildman–Crippen MR) is 67.8 cm³/mol. The van der Waals surface area contributed by atoms with Gasteiger partial charge in [0.2, 0.25) is 5.88 Å². The minimum atomic E-state index is 0.215. The average Bonchev–Trinajstić information content (AvgIpc) is 2.33. The molecule has 0 radical (unpaired) electrons. The maximum atomic E-state index is 5.83. The molecule has 0 aliphatic carbocycles. The first-order valence-corrected chi connectivity index (χ1v) is 5.86. The van der Waals surface area contributed by atoms with E-state index < -0.39 is 0 Å². The molecule has 0 atom stereocenters. The summed E-state index contributed by atoms with van der Waals surface area (Å²) in [6, 6.07) is 7.05. The molecule has 88 valence electrons. The molecule has 2 rings (SSSR count). The highest BCUT2D eigenvalue weighted by atomic mass is 79.9. The van der Waals surface area contributed by atoms with Crippen LogP contribution in [0.4, 0.5) is 0 Å². The maximum Gasteiger partial charge on any atom is 0.325 e. The van der Waals surface area contributed by atoms with E-state index in [-0.39, 0.29) is 6.01 Å². The Kier molecular flexibility index (Phi) is 3.81. The zero-order chi connectivity index (χ0) is 12.3. The first kappa shape index (κ1) is 12.1. The second-order valence-corrected chi connectivity index (χ2v) is 4.35. The number of methoxy groups -OCH3 is 1. The lowest BCUT2D eigenvalue weighted by Crippen LogP contribution is -1.94. The minimum Gasteiger partial charge on any atom is -0.481 e. The first-order valence-electron chi connectivity index (χ1n) is 4.69. The quantitative estimate of drug-likeness (QED) is 0.866. The Labute approximate surface area is 112 Å². The largest absolute Gasteiger partial charge is 0.481 e. The monoisotopic (exact) mass is 314 g/mol. The van der Waals surface area contributed by atoms with Crippen molar-refractivity contribution in [1.82, 2.24) is 9.97 Å². The molecule has 0 saturated carbocycles. The molecule has 1 aromatic carbocycles. The van der Waals surface area contributed by atoms with Gasteiger partial charge in [-0.2, -0.15) is 4.98 Å². The lowest BCUT2D eigenvalue weighted by Gasteiger charge is -2.06. The summed E-state index contributed by atoms with van der Waals surface area (Å²) in [6.45, 7) is 0. The van der Waals surface area contributed by atoms with E-state index in [4.69, 9.17) is 21.1 Å². The molecule has 0 aliphatic heterocycles. The van der Waals surface area contributed by atoms with Crippen molar-refractivity contribution in [2.45, 2.75) is 0 Å². The Morgan fingerprint density at radius 3 is 2.82 bits per heavy atom. The lowest BCUT2D eigenvalue weighted by molar-refractivity contribution is 0.376. The van der Waals surface area contributed by atoms with Crippen molar-refractivity contribution in [3.63, 3.8) is 0 Å². The van der Waals surface area contributed by atoms with Gasteiger partial charge in [0, 0.05) is 17.3 Å². The van der Waals surface area contributed by atoms with Crippen molar-refractivity contribution in [3.8, 4) is 17.6 Å². The van der Waals surface area contributed by atoms with Crippen molar-refractivity contribution in [2.24, 2.45) is 0 Å². The number of hydrogen-bond donors (Lipinski definition) is 0. The van der Waals surface area contributed by atoms with Gasteiger partial charge >= 0.3 is 6.01 Å². The van der Waals surface area contributed by atoms with Crippen LogP contribution >= 0.6 is 27.5 Å². The van der Waals surface area contributed by atoms with Crippen LogP contribution in [-0.2, 0) is 0 Å². The zero-order valence-corrected chi connectivity index (χ0v) is 11.2. The SMILES string of the molecule is COc1ccnc(Oc2ccc(Cl)cc2Br)n1. The fourth-order valence-electron chi connectivity index (χ4n) is 1.14. The van der Waals surface area contributed by atoms with Gasteiger partial charge in [-0.25, -0.2) is 4.98 Å². The molecule has 2 aromatic rings. The van der Waals surface area contributed by atoms with Crippen LogP contribution in [0.1, 0.15) is 0 Å². The molecule has 0 bridgehead atoms. The fourth-order valence-corrected chi connectivity index (χ4v) is 1.91. The van der Waals surface area contributed by atoms with Gasteiger partial charge in [0.05, 0.1) is 11.6 Å². The van der Waals surface area contributed by atoms with Gasteiger partial charge in [-0.1, -0.05) is 11.6 Å². The van der Waals surface area contributed by atoms with Gasteiger partial charge in [-0.3, -0.25) is 0 Å². The molecular formula is C11H8BrClN2O2. The van der Waals surface area contributed by atoms with E-state index >= 15 is 0 Å². The molecule has 0 saturated heterocycles. The molecule has 0 N–H and O–H groups in total. The highest BCUT2D eigenvalue weighted by Crippen LogP contribution is 2.30. The lowest BCUT2D eigenvalue weighted by atomic mass is 10.3. The summed E-state index contributed by atoms with van der Waals surface area (Å²) in [5.41, 5.74) is 0. The molecule has 17 heavy (non-hydrogen) atoms. The first-order chi connectivity index (χ1) is 8.19. The molecule has 0 aliphatic rings. The Morgan fingerprint density at radius 1 is 1.29 bits per heavy atom. The van der Waals surface area contributed by atoms with Crippen molar-refractivity contribution >= 4 is 27.5 Å². The van der Waals surface area contributed by atoms with E-state index in [0.29, 0.717) is 16.7 Å². The fraction of sp³-hybridized carbons (Fsp3) is 0.0909. The van der Waals surface area contributed by atoms with Crippen LogP contribution in [0.25, 0.3) is 0 Å². The van der Waals surface area contributed by atoms with E-state index in [0.717, 1.165) is 4.47 Å². The second-order valence-electron chi connectivity index (χ2n) is 3.06. The third-order valence-electron chi connectivity index (χ3n) is 1.91. The molecular weight excluding hydrogens is 307 g/mol. The number of ether oxygens (including phenoxy) is 2. The van der Waals surface area contributed by atoms with E-state index in [1.54, 1.807) is 30.5 Å². The van der Waals surface area contributed by atoms with Crippen LogP contribution in [0.2, 0.25) is 5.02 Å². The summed E-state index contributed by atoms with van der Waals surface area (Å²) in [4.78, 5) is 8.02. The molecule has 0 spiro atoms. The van der Waals surface area contributed by atoms with Crippen molar-refractivity contribution in [2.75, 3.05) is 7.11 Å². The normalized spacial score (nSPS) is 10.1. The molecule has 0 amide bonds. The van der Waals surface area contributed by atoms with Gasteiger partial charge in [0.15, 0.2) is 0 Å². The molecule has 1 heterocycles. The van der Waals surface area contributed by atoms with Crippen LogP contribution < -0.4 is 9.47 Å². The third kappa shape index (κ3) is 3.08. The van der Waals surface area contributed by atoms with E-state index in [1.807, 2.05) is 0 Å². The topological polar surface area (TPSA) is 44.2 Å². The predicted octanol–water partition coefficient (Wildman–Crippen LogP) is 3.69. The average molecular weight is 316 g/mol. The van der Waals surface area contributed by atoms with E-state index in [9.17, 15) is 0 Å².